The molecule has 4 rings (SSSR count). The number of hydrogen-bond donors (Lipinski definition) is 2. The summed E-state index contributed by atoms with van der Waals surface area (Å²) in [6.07, 6.45) is 2.38. The minimum Gasteiger partial charge on any atom is -0.454 e. The molecule has 0 bridgehead atoms. The van der Waals surface area contributed by atoms with Gasteiger partial charge in [-0.3, -0.25) is 14.4 Å². The highest BCUT2D eigenvalue weighted by molar-refractivity contribution is 7.89. The van der Waals surface area contributed by atoms with Gasteiger partial charge in [0.15, 0.2) is 22.3 Å². The monoisotopic (exact) mass is 530 g/mol. The zero-order valence-electron chi connectivity index (χ0n) is 20.7. The summed E-state index contributed by atoms with van der Waals surface area (Å²) in [5.41, 5.74) is 0.312. The molecule has 1 aromatic heterocycles. The van der Waals surface area contributed by atoms with Gasteiger partial charge in [-0.1, -0.05) is 19.9 Å². The number of ketones is 1. The fraction of sp³-hybridized carbons (Fsp3) is 0.440. The average molecular weight is 531 g/mol. The molecule has 0 radical (unpaired) electrons. The first kappa shape index (κ1) is 26.6. The van der Waals surface area contributed by atoms with Crippen LogP contribution in [0.2, 0.25) is 0 Å². The van der Waals surface area contributed by atoms with E-state index < -0.39 is 39.7 Å². The molecule has 2 amide bonds. The van der Waals surface area contributed by atoms with E-state index in [0.29, 0.717) is 29.9 Å². The smallest absolute Gasteiger partial charge is 0.260 e. The lowest BCUT2D eigenvalue weighted by Gasteiger charge is -2.23. The quantitative estimate of drug-likeness (QED) is 0.523. The van der Waals surface area contributed by atoms with Crippen molar-refractivity contribution < 1.29 is 32.3 Å². The number of Topliss-reactive ketones (excluding diaryl/α,β-unsaturated/α-hetero) is 1. The summed E-state index contributed by atoms with van der Waals surface area (Å²) in [6.45, 7) is 3.68. The van der Waals surface area contributed by atoms with E-state index in [4.69, 9.17) is 9.47 Å². The minimum absolute atomic E-state index is 0.0782. The molecule has 0 saturated carbocycles. The van der Waals surface area contributed by atoms with E-state index in [1.807, 2.05) is 13.8 Å². The molecule has 2 aliphatic rings. The first-order valence-electron chi connectivity index (χ1n) is 12.1. The minimum atomic E-state index is -3.94. The maximum absolute atomic E-state index is 13.2. The molecule has 1 unspecified atom stereocenters. The van der Waals surface area contributed by atoms with Crippen molar-refractivity contribution in [1.82, 2.24) is 19.9 Å². The average Bonchev–Trinajstić information content (AvgIpc) is 3.27. The summed E-state index contributed by atoms with van der Waals surface area (Å²) in [7, 11) is -3.94. The Morgan fingerprint density at radius 1 is 1.16 bits per heavy atom. The lowest BCUT2D eigenvalue weighted by Crippen LogP contribution is -2.52. The van der Waals surface area contributed by atoms with Gasteiger partial charge in [-0.15, -0.1) is 0 Å². The third kappa shape index (κ3) is 6.25. The van der Waals surface area contributed by atoms with Gasteiger partial charge in [0.1, 0.15) is 6.04 Å². The Hall–Kier alpha value is -3.51. The third-order valence-electron chi connectivity index (χ3n) is 6.14. The number of benzene rings is 1. The maximum Gasteiger partial charge on any atom is 0.260 e. The van der Waals surface area contributed by atoms with Gasteiger partial charge in [0, 0.05) is 18.3 Å². The van der Waals surface area contributed by atoms with Gasteiger partial charge in [-0.2, -0.15) is 4.31 Å². The van der Waals surface area contributed by atoms with Crippen LogP contribution in [0.5, 0.6) is 11.5 Å². The zero-order chi connectivity index (χ0) is 26.6. The van der Waals surface area contributed by atoms with Crippen LogP contribution < -0.4 is 20.1 Å². The van der Waals surface area contributed by atoms with Crippen LogP contribution in [-0.2, 0) is 19.6 Å². The number of carbonyl (C=O) groups excluding carboxylic acids is 3. The number of rotatable bonds is 8. The summed E-state index contributed by atoms with van der Waals surface area (Å²) in [5.74, 6) is -0.306. The van der Waals surface area contributed by atoms with Crippen LogP contribution >= 0.6 is 0 Å². The number of ether oxygens (including phenoxy) is 2. The molecule has 0 aliphatic carbocycles. The second-order valence-corrected chi connectivity index (χ2v) is 11.3. The van der Waals surface area contributed by atoms with E-state index in [2.05, 4.69) is 15.6 Å². The molecule has 1 saturated heterocycles. The maximum atomic E-state index is 13.2. The first-order valence-corrected chi connectivity index (χ1v) is 13.5. The van der Waals surface area contributed by atoms with Gasteiger partial charge in [0.05, 0.1) is 12.6 Å². The van der Waals surface area contributed by atoms with Gasteiger partial charge in [-0.05, 0) is 55.5 Å². The predicted molar refractivity (Wildman–Crippen MR) is 132 cm³/mol. The van der Waals surface area contributed by atoms with Crippen molar-refractivity contribution in [3.63, 3.8) is 0 Å². The molecule has 0 spiro atoms. The van der Waals surface area contributed by atoms with E-state index in [-0.39, 0.29) is 37.2 Å². The van der Waals surface area contributed by atoms with E-state index in [9.17, 15) is 22.8 Å². The fourth-order valence-corrected chi connectivity index (χ4v) is 5.62. The molecule has 2 atom stereocenters. The number of nitrogens with one attached hydrogen (secondary N) is 2. The van der Waals surface area contributed by atoms with Gasteiger partial charge >= 0.3 is 0 Å². The predicted octanol–water partition coefficient (Wildman–Crippen LogP) is 1.49. The van der Waals surface area contributed by atoms with Gasteiger partial charge in [-0.25, -0.2) is 13.4 Å². The van der Waals surface area contributed by atoms with Crippen LogP contribution in [-0.4, -0.2) is 67.3 Å². The van der Waals surface area contributed by atoms with Crippen LogP contribution in [0.4, 0.5) is 0 Å². The van der Waals surface area contributed by atoms with E-state index >= 15 is 0 Å². The molecular weight excluding hydrogens is 500 g/mol. The topological polar surface area (TPSA) is 144 Å². The number of hydrogen-bond acceptors (Lipinski definition) is 8. The lowest BCUT2D eigenvalue weighted by atomic mass is 10.0. The van der Waals surface area contributed by atoms with Crippen molar-refractivity contribution >= 4 is 27.6 Å². The van der Waals surface area contributed by atoms with Gasteiger partial charge < -0.3 is 20.1 Å². The Morgan fingerprint density at radius 3 is 2.68 bits per heavy atom. The van der Waals surface area contributed by atoms with Crippen molar-refractivity contribution in [3.05, 3.63) is 48.2 Å². The molecule has 1 fully saturated rings. The molecule has 198 valence electrons. The Balaban J connectivity index is 1.42. The van der Waals surface area contributed by atoms with Gasteiger partial charge in [0.25, 0.3) is 15.9 Å². The third-order valence-corrected chi connectivity index (χ3v) is 7.90. The van der Waals surface area contributed by atoms with Crippen LogP contribution in [0.3, 0.4) is 0 Å². The molecule has 2 aliphatic heterocycles. The van der Waals surface area contributed by atoms with Crippen LogP contribution in [0, 0.1) is 5.92 Å². The molecule has 11 nitrogen and oxygen atoms in total. The number of fused-ring (bicyclic) bond motifs is 1. The fourth-order valence-electron chi connectivity index (χ4n) is 4.24. The zero-order valence-corrected chi connectivity index (χ0v) is 21.5. The number of pyridine rings is 1. The molecule has 12 heteroatoms. The molecule has 2 N–H and O–H groups in total. The second-order valence-electron chi connectivity index (χ2n) is 9.40. The molecule has 37 heavy (non-hydrogen) atoms. The molecule has 1 aromatic carbocycles. The van der Waals surface area contributed by atoms with Crippen LogP contribution in [0.1, 0.15) is 43.5 Å². The normalized spacial score (nSPS) is 18.8. The molecular formula is C25H30N4O7S. The second kappa shape index (κ2) is 11.3. The van der Waals surface area contributed by atoms with Crippen molar-refractivity contribution in [2.75, 3.05) is 19.9 Å². The van der Waals surface area contributed by atoms with Crippen molar-refractivity contribution in [3.8, 4) is 11.5 Å². The number of sulfonamides is 1. The SMILES string of the molecule is CC(C)CC(NC(=O)c1ccc2c(c1)OCO2)C(=O)N[C@H]1CCCN(S(=O)(=O)c2ccccn2)CC1=O. The van der Waals surface area contributed by atoms with E-state index in [1.54, 1.807) is 30.3 Å². The lowest BCUT2D eigenvalue weighted by molar-refractivity contribution is -0.129. The summed E-state index contributed by atoms with van der Waals surface area (Å²) >= 11 is 0. The Bertz CT molecular complexity index is 1270. The van der Waals surface area contributed by atoms with Crippen LogP contribution in [0.25, 0.3) is 0 Å². The number of amides is 2. The largest absolute Gasteiger partial charge is 0.454 e. The van der Waals surface area contributed by atoms with E-state index in [1.165, 1.54) is 12.3 Å². The van der Waals surface area contributed by atoms with Crippen molar-refractivity contribution in [2.45, 2.75) is 50.2 Å². The molecule has 2 aromatic rings. The van der Waals surface area contributed by atoms with E-state index in [0.717, 1.165) is 4.31 Å². The highest BCUT2D eigenvalue weighted by Crippen LogP contribution is 2.32. The highest BCUT2D eigenvalue weighted by atomic mass is 32.2. The van der Waals surface area contributed by atoms with Gasteiger partial charge in [0.2, 0.25) is 12.7 Å². The Kier molecular flexibility index (Phi) is 8.08. The summed E-state index contributed by atoms with van der Waals surface area (Å²) in [4.78, 5) is 43.0. The molecule has 3 heterocycles. The highest BCUT2D eigenvalue weighted by Gasteiger charge is 2.35. The first-order chi connectivity index (χ1) is 17.6. The Labute approximate surface area is 215 Å². The van der Waals surface area contributed by atoms with Crippen molar-refractivity contribution in [1.29, 1.82) is 0 Å². The summed E-state index contributed by atoms with van der Waals surface area (Å²) < 4.78 is 37.5. The number of nitrogens with zero attached hydrogens (tertiary/aromatic N) is 2. The standard InChI is InChI=1S/C25H30N4O7S/c1-16(2)12-19(28-24(31)17-8-9-21-22(13-17)36-15-35-21)25(32)27-18-6-5-11-29(14-20(18)30)37(33,34)23-7-3-4-10-26-23/h3-4,7-10,13,16,18-19H,5-6,11-12,14-15H2,1-2H3,(H,27,32)(H,28,31)/t18-,19?/m0/s1. The Morgan fingerprint density at radius 2 is 1.95 bits per heavy atom. The number of aromatic nitrogens is 1. The number of carbonyl (C=O) groups is 3. The summed E-state index contributed by atoms with van der Waals surface area (Å²) in [5, 5.41) is 5.37. The summed E-state index contributed by atoms with van der Waals surface area (Å²) in [6, 6.07) is 7.56. The van der Waals surface area contributed by atoms with Crippen LogP contribution in [0.15, 0.2) is 47.6 Å². The van der Waals surface area contributed by atoms with Crippen molar-refractivity contribution in [2.24, 2.45) is 5.92 Å².